The summed E-state index contributed by atoms with van der Waals surface area (Å²) in [7, 11) is 0. The normalized spacial score (nSPS) is 13.2. The molecule has 5 nitrogen and oxygen atoms in total. The van der Waals surface area contributed by atoms with Gasteiger partial charge in [-0.15, -0.1) is 0 Å². The lowest BCUT2D eigenvalue weighted by Crippen LogP contribution is -2.30. The van der Waals surface area contributed by atoms with E-state index in [0.717, 1.165) is 18.6 Å². The molecule has 0 aromatic heterocycles. The number of carbonyl (C=O) groups excluding carboxylic acids is 2. The number of hydrogen-bond donors (Lipinski definition) is 1. The molecule has 0 radical (unpaired) electrons. The van der Waals surface area contributed by atoms with Crippen molar-refractivity contribution < 1.29 is 19.1 Å². The van der Waals surface area contributed by atoms with Crippen LogP contribution in [0.25, 0.3) is 0 Å². The Morgan fingerprint density at radius 1 is 1.00 bits per heavy atom. The molecule has 24 heavy (non-hydrogen) atoms. The van der Waals surface area contributed by atoms with Gasteiger partial charge in [0.1, 0.15) is 12.4 Å². The number of para-hydroxylation sites is 1. The molecule has 5 heteroatoms. The number of nitrogens with one attached hydrogen (secondary N) is 1. The van der Waals surface area contributed by atoms with Crippen LogP contribution in [0.1, 0.15) is 28.8 Å². The minimum atomic E-state index is -0.520. The van der Waals surface area contributed by atoms with Crippen molar-refractivity contribution in [3.63, 3.8) is 0 Å². The molecule has 0 unspecified atom stereocenters. The lowest BCUT2D eigenvalue weighted by Gasteiger charge is -2.11. The molecule has 0 aliphatic heterocycles. The van der Waals surface area contributed by atoms with Crippen LogP contribution in [-0.4, -0.2) is 24.5 Å². The van der Waals surface area contributed by atoms with E-state index < -0.39 is 5.97 Å². The van der Waals surface area contributed by atoms with Crippen molar-refractivity contribution in [1.29, 1.82) is 0 Å². The van der Waals surface area contributed by atoms with Crippen molar-refractivity contribution in [3.8, 4) is 5.75 Å². The van der Waals surface area contributed by atoms with Crippen LogP contribution in [0.15, 0.2) is 54.6 Å². The summed E-state index contributed by atoms with van der Waals surface area (Å²) in [6.07, 6.45) is 2.00. The number of hydrogen-bond acceptors (Lipinski definition) is 4. The van der Waals surface area contributed by atoms with Gasteiger partial charge in [-0.25, -0.2) is 4.79 Å². The molecule has 2 aromatic carbocycles. The van der Waals surface area contributed by atoms with Crippen LogP contribution in [0.5, 0.6) is 5.75 Å². The highest BCUT2D eigenvalue weighted by Crippen LogP contribution is 2.18. The van der Waals surface area contributed by atoms with Crippen LogP contribution in [0.4, 0.5) is 0 Å². The lowest BCUT2D eigenvalue weighted by molar-refractivity contribution is -0.124. The molecule has 1 aliphatic rings. The maximum Gasteiger partial charge on any atom is 0.339 e. The van der Waals surface area contributed by atoms with E-state index in [9.17, 15) is 9.59 Å². The number of rotatable bonds is 7. The average Bonchev–Trinajstić information content (AvgIpc) is 3.43. The number of carbonyl (C=O) groups is 2. The third kappa shape index (κ3) is 4.59. The molecular weight excluding hydrogens is 306 g/mol. The van der Waals surface area contributed by atoms with E-state index in [1.807, 2.05) is 42.5 Å². The molecule has 1 saturated carbocycles. The van der Waals surface area contributed by atoms with Crippen molar-refractivity contribution in [2.45, 2.75) is 25.5 Å². The summed E-state index contributed by atoms with van der Waals surface area (Å²) in [5.41, 5.74) is 1.13. The van der Waals surface area contributed by atoms with E-state index in [-0.39, 0.29) is 25.2 Å². The third-order valence-electron chi connectivity index (χ3n) is 3.65. The second-order valence-corrected chi connectivity index (χ2v) is 5.68. The Balaban J connectivity index is 1.57. The summed E-state index contributed by atoms with van der Waals surface area (Å²) in [5.74, 6) is -0.0541. The molecule has 0 atom stereocenters. The highest BCUT2D eigenvalue weighted by Gasteiger charge is 2.24. The standard InChI is InChI=1S/C19H19NO4/c21-18(20-15-10-11-15)13-24-19(22)17-9-5-4-6-14(17)12-23-16-7-2-1-3-8-16/h1-9,15H,10-13H2,(H,20,21). The van der Waals surface area contributed by atoms with Gasteiger partial charge in [0.25, 0.3) is 5.91 Å². The number of ether oxygens (including phenoxy) is 2. The molecule has 3 rings (SSSR count). The Morgan fingerprint density at radius 3 is 2.46 bits per heavy atom. The van der Waals surface area contributed by atoms with E-state index in [0.29, 0.717) is 11.1 Å². The zero-order valence-corrected chi connectivity index (χ0v) is 13.2. The Bertz CT molecular complexity index is 710. The van der Waals surface area contributed by atoms with E-state index in [2.05, 4.69) is 5.32 Å². The van der Waals surface area contributed by atoms with Crippen LogP contribution in [0.3, 0.4) is 0 Å². The fourth-order valence-electron chi connectivity index (χ4n) is 2.23. The Hall–Kier alpha value is -2.82. The molecule has 1 fully saturated rings. The van der Waals surface area contributed by atoms with Crippen molar-refractivity contribution >= 4 is 11.9 Å². The predicted octanol–water partition coefficient (Wildman–Crippen LogP) is 2.70. The zero-order chi connectivity index (χ0) is 16.8. The molecule has 124 valence electrons. The highest BCUT2D eigenvalue weighted by molar-refractivity contribution is 5.92. The topological polar surface area (TPSA) is 64.6 Å². The van der Waals surface area contributed by atoms with Gasteiger partial charge in [-0.3, -0.25) is 4.79 Å². The van der Waals surface area contributed by atoms with E-state index in [4.69, 9.17) is 9.47 Å². The molecule has 1 N–H and O–H groups in total. The molecule has 2 aromatic rings. The summed E-state index contributed by atoms with van der Waals surface area (Å²) in [6, 6.07) is 16.7. The third-order valence-corrected chi connectivity index (χ3v) is 3.65. The molecular formula is C19H19NO4. The fraction of sp³-hybridized carbons (Fsp3) is 0.263. The Kier molecular flexibility index (Phi) is 5.11. The summed E-state index contributed by atoms with van der Waals surface area (Å²) >= 11 is 0. The molecule has 0 heterocycles. The second kappa shape index (κ2) is 7.64. The van der Waals surface area contributed by atoms with Crippen molar-refractivity contribution in [1.82, 2.24) is 5.32 Å². The van der Waals surface area contributed by atoms with Crippen LogP contribution in [0, 0.1) is 0 Å². The van der Waals surface area contributed by atoms with Gasteiger partial charge in [0.15, 0.2) is 6.61 Å². The molecule has 1 amide bonds. The lowest BCUT2D eigenvalue weighted by atomic mass is 10.1. The summed E-state index contributed by atoms with van der Waals surface area (Å²) in [6.45, 7) is -0.00718. The van der Waals surface area contributed by atoms with Gasteiger partial charge in [0.05, 0.1) is 5.56 Å². The van der Waals surface area contributed by atoms with Crippen molar-refractivity contribution in [2.24, 2.45) is 0 Å². The first kappa shape index (κ1) is 16.1. The first-order chi connectivity index (χ1) is 11.7. The van der Waals surface area contributed by atoms with Gasteiger partial charge in [0.2, 0.25) is 0 Å². The van der Waals surface area contributed by atoms with Gasteiger partial charge >= 0.3 is 5.97 Å². The Labute approximate surface area is 140 Å². The van der Waals surface area contributed by atoms with Crippen LogP contribution >= 0.6 is 0 Å². The number of benzene rings is 2. The fourth-order valence-corrected chi connectivity index (χ4v) is 2.23. The summed E-state index contributed by atoms with van der Waals surface area (Å²) in [5, 5.41) is 2.78. The van der Waals surface area contributed by atoms with Crippen LogP contribution in [0.2, 0.25) is 0 Å². The van der Waals surface area contributed by atoms with Gasteiger partial charge in [-0.05, 0) is 31.0 Å². The molecule has 0 bridgehead atoms. The number of amides is 1. The maximum absolute atomic E-state index is 12.2. The van der Waals surface area contributed by atoms with Gasteiger partial charge in [0, 0.05) is 11.6 Å². The summed E-state index contributed by atoms with van der Waals surface area (Å²) in [4.78, 5) is 23.8. The van der Waals surface area contributed by atoms with E-state index in [1.54, 1.807) is 12.1 Å². The van der Waals surface area contributed by atoms with Gasteiger partial charge < -0.3 is 14.8 Å². The average molecular weight is 325 g/mol. The van der Waals surface area contributed by atoms with Crippen LogP contribution < -0.4 is 10.1 Å². The second-order valence-electron chi connectivity index (χ2n) is 5.68. The van der Waals surface area contributed by atoms with Crippen molar-refractivity contribution in [2.75, 3.05) is 6.61 Å². The molecule has 1 aliphatic carbocycles. The SMILES string of the molecule is O=C(COC(=O)c1ccccc1COc1ccccc1)NC1CC1. The van der Waals surface area contributed by atoms with Gasteiger partial charge in [-0.2, -0.15) is 0 Å². The minimum absolute atomic E-state index is 0.253. The zero-order valence-electron chi connectivity index (χ0n) is 13.2. The van der Waals surface area contributed by atoms with Crippen LogP contribution in [-0.2, 0) is 16.1 Å². The molecule has 0 saturated heterocycles. The minimum Gasteiger partial charge on any atom is -0.489 e. The smallest absolute Gasteiger partial charge is 0.339 e. The van der Waals surface area contributed by atoms with E-state index in [1.165, 1.54) is 0 Å². The summed E-state index contributed by atoms with van der Waals surface area (Å²) < 4.78 is 10.8. The maximum atomic E-state index is 12.2. The van der Waals surface area contributed by atoms with Gasteiger partial charge in [-0.1, -0.05) is 36.4 Å². The quantitative estimate of drug-likeness (QED) is 0.795. The number of esters is 1. The first-order valence-corrected chi connectivity index (χ1v) is 7.94. The van der Waals surface area contributed by atoms with E-state index >= 15 is 0 Å². The Morgan fingerprint density at radius 2 is 1.71 bits per heavy atom. The van der Waals surface area contributed by atoms with Crippen molar-refractivity contribution in [3.05, 3.63) is 65.7 Å². The monoisotopic (exact) mass is 325 g/mol. The first-order valence-electron chi connectivity index (χ1n) is 7.94. The highest BCUT2D eigenvalue weighted by atomic mass is 16.5. The largest absolute Gasteiger partial charge is 0.489 e. The predicted molar refractivity (Wildman–Crippen MR) is 88.7 cm³/mol. The molecule has 0 spiro atoms.